The van der Waals surface area contributed by atoms with Gasteiger partial charge in [-0.25, -0.2) is 4.98 Å². The van der Waals surface area contributed by atoms with Crippen molar-refractivity contribution < 1.29 is 4.79 Å². The zero-order valence-electron chi connectivity index (χ0n) is 14.7. The van der Waals surface area contributed by atoms with Gasteiger partial charge in [-0.1, -0.05) is 6.07 Å². The maximum absolute atomic E-state index is 11.1. The Morgan fingerprint density at radius 3 is 2.50 bits per heavy atom. The fourth-order valence-corrected chi connectivity index (χ4v) is 2.37. The van der Waals surface area contributed by atoms with Crippen LogP contribution in [0.4, 0.5) is 23.1 Å². The van der Waals surface area contributed by atoms with Crippen LogP contribution in [0.2, 0.25) is 0 Å². The molecule has 0 saturated heterocycles. The van der Waals surface area contributed by atoms with Gasteiger partial charge in [0.1, 0.15) is 5.82 Å². The van der Waals surface area contributed by atoms with Gasteiger partial charge in [0.15, 0.2) is 0 Å². The summed E-state index contributed by atoms with van der Waals surface area (Å²) >= 11 is 0. The van der Waals surface area contributed by atoms with Gasteiger partial charge in [-0.2, -0.15) is 4.98 Å². The second kappa shape index (κ2) is 8.06. The van der Waals surface area contributed by atoms with E-state index in [9.17, 15) is 4.79 Å². The Balaban J connectivity index is 1.68. The molecule has 7 nitrogen and oxygen atoms in total. The molecule has 1 amide bonds. The number of rotatable bonds is 6. The highest BCUT2D eigenvalue weighted by Gasteiger charge is 2.04. The van der Waals surface area contributed by atoms with Crippen molar-refractivity contribution in [2.24, 2.45) is 0 Å². The molecule has 3 aromatic rings. The van der Waals surface area contributed by atoms with Crippen molar-refractivity contribution in [3.05, 3.63) is 66.1 Å². The molecule has 0 aliphatic heterocycles. The first-order chi connectivity index (χ1) is 12.6. The molecule has 0 aliphatic carbocycles. The summed E-state index contributed by atoms with van der Waals surface area (Å²) in [5.41, 5.74) is 3.38. The first-order valence-corrected chi connectivity index (χ1v) is 8.22. The Labute approximate surface area is 151 Å². The molecular weight excluding hydrogens is 328 g/mol. The summed E-state index contributed by atoms with van der Waals surface area (Å²) in [6.45, 7) is 3.95. The normalized spacial score (nSPS) is 10.2. The van der Waals surface area contributed by atoms with Crippen LogP contribution < -0.4 is 16.0 Å². The SMILES string of the molecule is CC(=O)Nc1ccc(Nc2cc(C)nc(NCc3ccccn3)n2)cc1. The van der Waals surface area contributed by atoms with Crippen molar-refractivity contribution in [3.63, 3.8) is 0 Å². The summed E-state index contributed by atoms with van der Waals surface area (Å²) in [4.78, 5) is 24.2. The molecule has 0 aliphatic rings. The average molecular weight is 348 g/mol. The van der Waals surface area contributed by atoms with Crippen LogP contribution >= 0.6 is 0 Å². The van der Waals surface area contributed by atoms with E-state index in [1.54, 1.807) is 6.20 Å². The van der Waals surface area contributed by atoms with E-state index in [-0.39, 0.29) is 5.91 Å². The molecule has 1 aromatic carbocycles. The van der Waals surface area contributed by atoms with Gasteiger partial charge in [0.2, 0.25) is 11.9 Å². The third-order valence-corrected chi connectivity index (χ3v) is 3.49. The smallest absolute Gasteiger partial charge is 0.225 e. The van der Waals surface area contributed by atoms with E-state index in [2.05, 4.69) is 30.9 Å². The standard InChI is InChI=1S/C19H20N6O/c1-13-11-18(24-16-8-6-15(7-9-16)23-14(2)26)25-19(22-13)21-12-17-5-3-4-10-20-17/h3-11H,12H2,1-2H3,(H,23,26)(H2,21,22,24,25). The zero-order valence-corrected chi connectivity index (χ0v) is 14.7. The quantitative estimate of drug-likeness (QED) is 0.631. The number of nitrogens with zero attached hydrogens (tertiary/aromatic N) is 3. The van der Waals surface area contributed by atoms with Gasteiger partial charge in [-0.05, 0) is 43.3 Å². The Morgan fingerprint density at radius 2 is 1.81 bits per heavy atom. The fraction of sp³-hybridized carbons (Fsp3) is 0.158. The molecule has 2 heterocycles. The minimum Gasteiger partial charge on any atom is -0.349 e. The van der Waals surface area contributed by atoms with E-state index in [0.717, 1.165) is 22.8 Å². The Morgan fingerprint density at radius 1 is 1.04 bits per heavy atom. The lowest BCUT2D eigenvalue weighted by Crippen LogP contribution is -2.07. The first kappa shape index (κ1) is 17.3. The molecule has 0 spiro atoms. The molecule has 0 atom stereocenters. The molecule has 0 radical (unpaired) electrons. The van der Waals surface area contributed by atoms with Gasteiger partial charge in [0.05, 0.1) is 12.2 Å². The summed E-state index contributed by atoms with van der Waals surface area (Å²) in [5, 5.41) is 9.17. The minimum absolute atomic E-state index is 0.0965. The van der Waals surface area contributed by atoms with Gasteiger partial charge >= 0.3 is 0 Å². The van der Waals surface area contributed by atoms with Crippen LogP contribution in [0, 0.1) is 6.92 Å². The number of carbonyl (C=O) groups excluding carboxylic acids is 1. The number of anilines is 4. The average Bonchev–Trinajstić information content (AvgIpc) is 2.62. The van der Waals surface area contributed by atoms with E-state index in [1.165, 1.54) is 6.92 Å². The highest BCUT2D eigenvalue weighted by atomic mass is 16.1. The Bertz CT molecular complexity index is 880. The van der Waals surface area contributed by atoms with Crippen LogP contribution in [0.5, 0.6) is 0 Å². The van der Waals surface area contributed by atoms with Gasteiger partial charge in [0.25, 0.3) is 0 Å². The monoisotopic (exact) mass is 348 g/mol. The molecule has 132 valence electrons. The van der Waals surface area contributed by atoms with Crippen LogP contribution in [0.15, 0.2) is 54.7 Å². The fourth-order valence-electron chi connectivity index (χ4n) is 2.37. The second-order valence-corrected chi connectivity index (χ2v) is 5.78. The van der Waals surface area contributed by atoms with Crippen LogP contribution in [0.1, 0.15) is 18.3 Å². The van der Waals surface area contributed by atoms with Crippen LogP contribution in [-0.4, -0.2) is 20.9 Å². The lowest BCUT2D eigenvalue weighted by Gasteiger charge is -2.10. The second-order valence-electron chi connectivity index (χ2n) is 5.78. The summed E-state index contributed by atoms with van der Waals surface area (Å²) < 4.78 is 0. The van der Waals surface area contributed by atoms with E-state index >= 15 is 0 Å². The van der Waals surface area contributed by atoms with E-state index in [4.69, 9.17) is 0 Å². The Hall–Kier alpha value is -3.48. The van der Waals surface area contributed by atoms with Crippen molar-refractivity contribution in [2.45, 2.75) is 20.4 Å². The van der Waals surface area contributed by atoms with E-state index < -0.39 is 0 Å². The Kier molecular flexibility index (Phi) is 5.38. The number of pyridine rings is 1. The van der Waals surface area contributed by atoms with Crippen molar-refractivity contribution in [1.29, 1.82) is 0 Å². The summed E-state index contributed by atoms with van der Waals surface area (Å²) in [7, 11) is 0. The number of hydrogen-bond donors (Lipinski definition) is 3. The number of aromatic nitrogens is 3. The van der Waals surface area contributed by atoms with Crippen molar-refractivity contribution in [1.82, 2.24) is 15.0 Å². The number of nitrogens with one attached hydrogen (secondary N) is 3. The first-order valence-electron chi connectivity index (χ1n) is 8.22. The third-order valence-electron chi connectivity index (χ3n) is 3.49. The summed E-state index contributed by atoms with van der Waals surface area (Å²) in [6.07, 6.45) is 1.76. The molecule has 0 unspecified atom stereocenters. The maximum Gasteiger partial charge on any atom is 0.225 e. The largest absolute Gasteiger partial charge is 0.349 e. The maximum atomic E-state index is 11.1. The van der Waals surface area contributed by atoms with Crippen LogP contribution in [0.25, 0.3) is 0 Å². The molecule has 7 heteroatoms. The van der Waals surface area contributed by atoms with Crippen LogP contribution in [0.3, 0.4) is 0 Å². The minimum atomic E-state index is -0.0965. The molecule has 26 heavy (non-hydrogen) atoms. The molecule has 0 bridgehead atoms. The highest BCUT2D eigenvalue weighted by Crippen LogP contribution is 2.19. The highest BCUT2D eigenvalue weighted by molar-refractivity contribution is 5.88. The van der Waals surface area contributed by atoms with Crippen molar-refractivity contribution >= 4 is 29.0 Å². The van der Waals surface area contributed by atoms with Crippen LogP contribution in [-0.2, 0) is 11.3 Å². The predicted octanol–water partition coefficient (Wildman–Crippen LogP) is 3.49. The lowest BCUT2D eigenvalue weighted by molar-refractivity contribution is -0.114. The summed E-state index contributed by atoms with van der Waals surface area (Å²) in [5.74, 6) is 1.13. The number of aryl methyl sites for hydroxylation is 1. The van der Waals surface area contributed by atoms with E-state index in [0.29, 0.717) is 18.3 Å². The molecular formula is C19H20N6O. The van der Waals surface area contributed by atoms with Crippen molar-refractivity contribution in [3.8, 4) is 0 Å². The topological polar surface area (TPSA) is 91.8 Å². The third kappa shape index (κ3) is 5.01. The van der Waals surface area contributed by atoms with Gasteiger partial charge < -0.3 is 16.0 Å². The van der Waals surface area contributed by atoms with Gasteiger partial charge in [0, 0.05) is 36.3 Å². The number of hydrogen-bond acceptors (Lipinski definition) is 6. The number of amides is 1. The predicted molar refractivity (Wildman–Crippen MR) is 102 cm³/mol. The molecule has 3 rings (SSSR count). The molecule has 2 aromatic heterocycles. The molecule has 0 saturated carbocycles. The number of benzene rings is 1. The molecule has 3 N–H and O–H groups in total. The zero-order chi connectivity index (χ0) is 18.4. The van der Waals surface area contributed by atoms with Crippen molar-refractivity contribution in [2.75, 3.05) is 16.0 Å². The number of carbonyl (C=O) groups is 1. The van der Waals surface area contributed by atoms with Gasteiger partial charge in [-0.15, -0.1) is 0 Å². The lowest BCUT2D eigenvalue weighted by atomic mass is 10.2. The molecule has 0 fully saturated rings. The van der Waals surface area contributed by atoms with E-state index in [1.807, 2.05) is 55.5 Å². The van der Waals surface area contributed by atoms with Gasteiger partial charge in [-0.3, -0.25) is 9.78 Å². The summed E-state index contributed by atoms with van der Waals surface area (Å²) in [6, 6.07) is 15.1.